The molecule has 0 radical (unpaired) electrons. The zero-order chi connectivity index (χ0) is 28.8. The second-order valence-corrected chi connectivity index (χ2v) is 10.2. The van der Waals surface area contributed by atoms with Gasteiger partial charge in [-0.2, -0.15) is 0 Å². The van der Waals surface area contributed by atoms with Crippen LogP contribution in [0.15, 0.2) is 0 Å². The monoisotopic (exact) mass is 567 g/mol. The van der Waals surface area contributed by atoms with E-state index in [2.05, 4.69) is 6.92 Å². The first-order valence-electron chi connectivity index (χ1n) is 12.6. The number of phosphoric acid groups is 1. The first-order valence-corrected chi connectivity index (χ1v) is 14.1. The van der Waals surface area contributed by atoms with Crippen molar-refractivity contribution in [2.24, 2.45) is 0 Å². The van der Waals surface area contributed by atoms with E-state index in [0.29, 0.717) is 25.3 Å². The van der Waals surface area contributed by atoms with Crippen molar-refractivity contribution in [2.45, 2.75) is 51.5 Å². The van der Waals surface area contributed by atoms with E-state index in [0.717, 1.165) is 37.0 Å². The molecule has 14 nitrogen and oxygen atoms in total. The molecule has 0 bridgehead atoms. The lowest BCUT2D eigenvalue weighted by Gasteiger charge is -2.34. The lowest BCUT2D eigenvalue weighted by Crippen LogP contribution is -2.51. The Labute approximate surface area is 223 Å². The molecule has 38 heavy (non-hydrogen) atoms. The van der Waals surface area contributed by atoms with Crippen LogP contribution in [-0.4, -0.2) is 132 Å². The van der Waals surface area contributed by atoms with Crippen LogP contribution in [0.1, 0.15) is 45.4 Å². The highest BCUT2D eigenvalue weighted by molar-refractivity contribution is 7.47. The molecule has 2 atom stereocenters. The fraction of sp³-hybridized carbons (Fsp3) is 0.783. The van der Waals surface area contributed by atoms with Crippen LogP contribution in [0.5, 0.6) is 0 Å². The van der Waals surface area contributed by atoms with Gasteiger partial charge in [-0.1, -0.05) is 39.0 Å². The fourth-order valence-corrected chi connectivity index (χ4v) is 4.42. The van der Waals surface area contributed by atoms with Crippen molar-refractivity contribution in [3.05, 3.63) is 0 Å². The molecule has 3 N–H and O–H groups in total. The molecular weight excluding hydrogens is 525 g/mol. The Kier molecular flexibility index (Phi) is 20.6. The predicted molar refractivity (Wildman–Crippen MR) is 137 cm³/mol. The van der Waals surface area contributed by atoms with E-state index in [4.69, 9.17) is 9.05 Å². The molecule has 0 fully saturated rings. The molecule has 0 saturated heterocycles. The summed E-state index contributed by atoms with van der Waals surface area (Å²) in [6.07, 6.45) is 7.44. The van der Waals surface area contributed by atoms with Crippen molar-refractivity contribution in [1.82, 2.24) is 14.7 Å². The minimum absolute atomic E-state index is 0.0148. The van der Waals surface area contributed by atoms with E-state index in [9.17, 15) is 43.6 Å². The van der Waals surface area contributed by atoms with E-state index in [-0.39, 0.29) is 45.9 Å². The number of hydrogen-bond donors (Lipinski definition) is 3. The summed E-state index contributed by atoms with van der Waals surface area (Å²) >= 11 is 0. The molecule has 0 aliphatic carbocycles. The SMILES string of the molecule is CCCCCCCCOP(=O)(O)OCC(CN(CC=O)CCN(CC=O)CC=O)N(CC(=O)O)CC(=O)O. The molecule has 2 unspecified atom stereocenters. The third-order valence-electron chi connectivity index (χ3n) is 5.58. The number of nitrogens with zero attached hydrogens (tertiary/aromatic N) is 3. The number of unbranched alkanes of at least 4 members (excludes halogenated alkanes) is 5. The third-order valence-corrected chi connectivity index (χ3v) is 6.56. The van der Waals surface area contributed by atoms with Crippen molar-refractivity contribution >= 4 is 38.6 Å². The maximum atomic E-state index is 12.4. The van der Waals surface area contributed by atoms with Crippen LogP contribution in [0, 0.1) is 0 Å². The molecule has 0 spiro atoms. The standard InChI is InChI=1S/C23H42N3O11P/c1-2-3-4-5-6-7-16-36-38(34,35)37-20-21(26(18-22(30)31)19-23(32)33)17-25(12-15-29)9-8-24(10-13-27)11-14-28/h13-15,21H,2-12,16-20H2,1H3,(H,30,31)(H,32,33)(H,34,35). The van der Waals surface area contributed by atoms with Crippen molar-refractivity contribution in [3.8, 4) is 0 Å². The second kappa shape index (κ2) is 21.8. The molecule has 15 heteroatoms. The van der Waals surface area contributed by atoms with Gasteiger partial charge in [0.15, 0.2) is 0 Å². The van der Waals surface area contributed by atoms with Crippen LogP contribution in [0.25, 0.3) is 0 Å². The van der Waals surface area contributed by atoms with Gasteiger partial charge < -0.3 is 29.5 Å². The van der Waals surface area contributed by atoms with E-state index in [1.54, 1.807) is 4.90 Å². The Bertz CT molecular complexity index is 730. The number of phosphoric ester groups is 1. The van der Waals surface area contributed by atoms with Crippen LogP contribution in [0.3, 0.4) is 0 Å². The zero-order valence-corrected chi connectivity index (χ0v) is 22.9. The second-order valence-electron chi connectivity index (χ2n) is 8.73. The lowest BCUT2D eigenvalue weighted by molar-refractivity contribution is -0.143. The maximum Gasteiger partial charge on any atom is 0.472 e. The van der Waals surface area contributed by atoms with Crippen LogP contribution in [0.4, 0.5) is 0 Å². The molecule has 0 aliphatic heterocycles. The van der Waals surface area contributed by atoms with Crippen molar-refractivity contribution in [2.75, 3.05) is 65.6 Å². The predicted octanol–water partition coefficient (Wildman–Crippen LogP) is 0.521. The van der Waals surface area contributed by atoms with E-state index < -0.39 is 45.5 Å². The largest absolute Gasteiger partial charge is 0.480 e. The third kappa shape index (κ3) is 19.1. The van der Waals surface area contributed by atoms with Gasteiger partial charge in [-0.25, -0.2) is 4.57 Å². The van der Waals surface area contributed by atoms with Gasteiger partial charge >= 0.3 is 19.8 Å². The van der Waals surface area contributed by atoms with Gasteiger partial charge in [-0.15, -0.1) is 0 Å². The molecule has 0 amide bonds. The summed E-state index contributed by atoms with van der Waals surface area (Å²) in [5.41, 5.74) is 0. The Morgan fingerprint density at radius 1 is 0.816 bits per heavy atom. The van der Waals surface area contributed by atoms with Gasteiger partial charge in [0.25, 0.3) is 0 Å². The minimum Gasteiger partial charge on any atom is -0.480 e. The number of carbonyl (C=O) groups excluding carboxylic acids is 3. The number of rotatable bonds is 27. The Morgan fingerprint density at radius 3 is 1.84 bits per heavy atom. The fourth-order valence-electron chi connectivity index (χ4n) is 3.63. The molecule has 0 aliphatic rings. The number of carboxylic acid groups (broad SMARTS) is 2. The summed E-state index contributed by atoms with van der Waals surface area (Å²) in [5.74, 6) is -2.65. The summed E-state index contributed by atoms with van der Waals surface area (Å²) in [4.78, 5) is 69.9. The normalized spacial score (nSPS) is 13.9. The summed E-state index contributed by atoms with van der Waals surface area (Å²) in [6.45, 7) is 0.218. The molecule has 0 aromatic carbocycles. The van der Waals surface area contributed by atoms with Crippen molar-refractivity contribution in [1.29, 1.82) is 0 Å². The molecular formula is C23H42N3O11P. The smallest absolute Gasteiger partial charge is 0.472 e. The zero-order valence-electron chi connectivity index (χ0n) is 22.0. The number of hydrogen-bond acceptors (Lipinski definition) is 11. The van der Waals surface area contributed by atoms with E-state index >= 15 is 0 Å². The van der Waals surface area contributed by atoms with Gasteiger partial charge in [-0.05, 0) is 6.42 Å². The summed E-state index contributed by atoms with van der Waals surface area (Å²) in [5, 5.41) is 18.6. The first-order chi connectivity index (χ1) is 18.1. The summed E-state index contributed by atoms with van der Waals surface area (Å²) in [7, 11) is -4.52. The highest BCUT2D eigenvalue weighted by Gasteiger charge is 2.30. The Hall–Kier alpha value is -2.06. The molecule has 0 aromatic rings. The maximum absolute atomic E-state index is 12.4. The van der Waals surface area contributed by atoms with Gasteiger partial charge in [0.1, 0.15) is 18.9 Å². The molecule has 0 rings (SSSR count). The lowest BCUT2D eigenvalue weighted by atomic mass is 10.1. The summed E-state index contributed by atoms with van der Waals surface area (Å²) < 4.78 is 22.5. The van der Waals surface area contributed by atoms with Gasteiger partial charge in [0.05, 0.1) is 45.9 Å². The van der Waals surface area contributed by atoms with Gasteiger partial charge in [0, 0.05) is 25.7 Å². The van der Waals surface area contributed by atoms with Crippen LogP contribution in [-0.2, 0) is 37.6 Å². The van der Waals surface area contributed by atoms with Gasteiger partial charge in [-0.3, -0.25) is 33.3 Å². The number of aldehydes is 3. The van der Waals surface area contributed by atoms with Crippen molar-refractivity contribution in [3.63, 3.8) is 0 Å². The number of aliphatic carboxylic acids is 2. The minimum atomic E-state index is -4.52. The molecule has 0 saturated carbocycles. The molecule has 0 heterocycles. The average molecular weight is 568 g/mol. The van der Waals surface area contributed by atoms with Crippen LogP contribution >= 0.6 is 7.82 Å². The highest BCUT2D eigenvalue weighted by atomic mass is 31.2. The first kappa shape index (κ1) is 35.9. The van der Waals surface area contributed by atoms with Crippen LogP contribution < -0.4 is 0 Å². The van der Waals surface area contributed by atoms with Crippen molar-refractivity contribution < 1.29 is 52.7 Å². The van der Waals surface area contributed by atoms with Gasteiger partial charge in [0.2, 0.25) is 0 Å². The van der Waals surface area contributed by atoms with Crippen LogP contribution in [0.2, 0.25) is 0 Å². The Balaban J connectivity index is 5.39. The molecule has 220 valence electrons. The number of carbonyl (C=O) groups is 5. The molecule has 0 aromatic heterocycles. The number of carboxylic acids is 2. The Morgan fingerprint density at radius 2 is 1.32 bits per heavy atom. The quantitative estimate of drug-likeness (QED) is 0.0707. The van der Waals surface area contributed by atoms with E-state index in [1.165, 1.54) is 4.90 Å². The average Bonchev–Trinajstić information content (AvgIpc) is 2.83. The summed E-state index contributed by atoms with van der Waals surface area (Å²) in [6, 6.07) is -1.02. The topological polar surface area (TPSA) is 191 Å². The highest BCUT2D eigenvalue weighted by Crippen LogP contribution is 2.43. The van der Waals surface area contributed by atoms with E-state index in [1.807, 2.05) is 0 Å².